The summed E-state index contributed by atoms with van der Waals surface area (Å²) in [6.07, 6.45) is 4.46. The van der Waals surface area contributed by atoms with E-state index in [0.29, 0.717) is 18.2 Å². The molecule has 1 aliphatic rings. The van der Waals surface area contributed by atoms with E-state index in [1.807, 2.05) is 19.1 Å². The molecule has 0 aliphatic heterocycles. The molecule has 5 nitrogen and oxygen atoms in total. The normalized spacial score (nSPS) is 16.7. The van der Waals surface area contributed by atoms with Crippen molar-refractivity contribution in [3.8, 4) is 5.88 Å². The summed E-state index contributed by atoms with van der Waals surface area (Å²) in [4.78, 5) is 20.4. The van der Waals surface area contributed by atoms with Gasteiger partial charge >= 0.3 is 0 Å². The fourth-order valence-corrected chi connectivity index (χ4v) is 2.83. The maximum atomic E-state index is 12.4. The number of amides is 1. The van der Waals surface area contributed by atoms with Crippen molar-refractivity contribution in [1.82, 2.24) is 15.3 Å². The van der Waals surface area contributed by atoms with Gasteiger partial charge in [0.1, 0.15) is 12.0 Å². The second-order valence-corrected chi connectivity index (χ2v) is 5.29. The van der Waals surface area contributed by atoms with Crippen molar-refractivity contribution >= 4 is 5.91 Å². The third-order valence-corrected chi connectivity index (χ3v) is 3.84. The van der Waals surface area contributed by atoms with Crippen molar-refractivity contribution in [2.45, 2.75) is 32.2 Å². The molecule has 0 saturated carbocycles. The van der Waals surface area contributed by atoms with Crippen LogP contribution in [0.15, 0.2) is 36.7 Å². The zero-order valence-electron chi connectivity index (χ0n) is 12.6. The molecule has 1 N–H and O–H groups in total. The number of benzene rings is 1. The van der Waals surface area contributed by atoms with Gasteiger partial charge in [0.05, 0.1) is 12.6 Å². The molecule has 3 rings (SSSR count). The second-order valence-electron chi connectivity index (χ2n) is 5.29. The monoisotopic (exact) mass is 297 g/mol. The molecule has 5 heteroatoms. The van der Waals surface area contributed by atoms with Gasteiger partial charge < -0.3 is 10.1 Å². The number of nitrogens with zero attached hydrogens (tertiary/aromatic N) is 2. The maximum Gasteiger partial charge on any atom is 0.270 e. The smallest absolute Gasteiger partial charge is 0.270 e. The molecule has 1 amide bonds. The number of carbonyl (C=O) groups is 1. The average Bonchev–Trinajstić information content (AvgIpc) is 2.56. The van der Waals surface area contributed by atoms with Crippen LogP contribution in [-0.2, 0) is 6.42 Å². The Balaban J connectivity index is 1.76. The van der Waals surface area contributed by atoms with Gasteiger partial charge in [-0.05, 0) is 37.3 Å². The number of nitrogens with one attached hydrogen (secondary N) is 1. The summed E-state index contributed by atoms with van der Waals surface area (Å²) in [5.41, 5.74) is 2.86. The Kier molecular flexibility index (Phi) is 4.32. The molecule has 0 spiro atoms. The van der Waals surface area contributed by atoms with Crippen molar-refractivity contribution < 1.29 is 9.53 Å². The summed E-state index contributed by atoms with van der Waals surface area (Å²) < 4.78 is 5.31. The molecule has 0 fully saturated rings. The number of carbonyl (C=O) groups excluding carboxylic acids is 1. The van der Waals surface area contributed by atoms with Crippen LogP contribution < -0.4 is 10.1 Å². The van der Waals surface area contributed by atoms with E-state index in [2.05, 4.69) is 27.4 Å². The highest BCUT2D eigenvalue weighted by atomic mass is 16.5. The first-order valence-electron chi connectivity index (χ1n) is 7.61. The fourth-order valence-electron chi connectivity index (χ4n) is 2.83. The molecule has 1 aromatic heterocycles. The summed E-state index contributed by atoms with van der Waals surface area (Å²) in [5.74, 6) is 0.233. The van der Waals surface area contributed by atoms with Crippen molar-refractivity contribution in [2.24, 2.45) is 0 Å². The van der Waals surface area contributed by atoms with Gasteiger partial charge in [0.2, 0.25) is 5.88 Å². The van der Waals surface area contributed by atoms with Gasteiger partial charge in [-0.1, -0.05) is 24.3 Å². The lowest BCUT2D eigenvalue weighted by molar-refractivity contribution is 0.0927. The van der Waals surface area contributed by atoms with Crippen LogP contribution in [0.2, 0.25) is 0 Å². The molecule has 1 aliphatic carbocycles. The lowest BCUT2D eigenvalue weighted by atomic mass is 9.87. The van der Waals surface area contributed by atoms with Gasteiger partial charge in [0.15, 0.2) is 0 Å². The van der Waals surface area contributed by atoms with Crippen LogP contribution in [0.25, 0.3) is 0 Å². The predicted molar refractivity (Wildman–Crippen MR) is 82.8 cm³/mol. The molecule has 1 unspecified atom stereocenters. The van der Waals surface area contributed by atoms with Gasteiger partial charge in [-0.2, -0.15) is 0 Å². The van der Waals surface area contributed by atoms with Crippen LogP contribution in [0.4, 0.5) is 0 Å². The first-order chi connectivity index (χ1) is 10.8. The molecular formula is C17H19N3O2. The minimum atomic E-state index is -0.190. The number of hydrogen-bond donors (Lipinski definition) is 1. The number of aryl methyl sites for hydroxylation is 1. The van der Waals surface area contributed by atoms with Crippen molar-refractivity contribution in [1.29, 1.82) is 0 Å². The van der Waals surface area contributed by atoms with Crippen molar-refractivity contribution in [2.75, 3.05) is 6.61 Å². The van der Waals surface area contributed by atoms with Crippen LogP contribution in [-0.4, -0.2) is 22.5 Å². The Morgan fingerprint density at radius 3 is 3.09 bits per heavy atom. The van der Waals surface area contributed by atoms with Crippen LogP contribution in [0.1, 0.15) is 47.4 Å². The molecular weight excluding hydrogens is 278 g/mol. The zero-order valence-corrected chi connectivity index (χ0v) is 12.6. The molecule has 0 saturated heterocycles. The Hall–Kier alpha value is -2.43. The van der Waals surface area contributed by atoms with Gasteiger partial charge in [0, 0.05) is 6.07 Å². The highest BCUT2D eigenvalue weighted by molar-refractivity contribution is 5.92. The molecule has 114 valence electrons. The minimum absolute atomic E-state index is 0.0444. The molecule has 22 heavy (non-hydrogen) atoms. The minimum Gasteiger partial charge on any atom is -0.478 e. The third-order valence-electron chi connectivity index (χ3n) is 3.84. The molecule has 1 aromatic carbocycles. The summed E-state index contributed by atoms with van der Waals surface area (Å²) in [5, 5.41) is 3.08. The number of hydrogen-bond acceptors (Lipinski definition) is 4. The van der Waals surface area contributed by atoms with Gasteiger partial charge in [-0.3, -0.25) is 4.79 Å². The van der Waals surface area contributed by atoms with Crippen LogP contribution in [0.5, 0.6) is 5.88 Å². The molecule has 1 atom stereocenters. The van der Waals surface area contributed by atoms with E-state index < -0.39 is 0 Å². The van der Waals surface area contributed by atoms with Crippen LogP contribution in [0.3, 0.4) is 0 Å². The Bertz CT molecular complexity index is 672. The maximum absolute atomic E-state index is 12.4. The molecule has 2 aromatic rings. The van der Waals surface area contributed by atoms with Crippen LogP contribution in [0, 0.1) is 0 Å². The fraction of sp³-hybridized carbons (Fsp3) is 0.353. The second kappa shape index (κ2) is 6.56. The first-order valence-corrected chi connectivity index (χ1v) is 7.61. The predicted octanol–water partition coefficient (Wildman–Crippen LogP) is 2.68. The van der Waals surface area contributed by atoms with Crippen molar-refractivity contribution in [3.63, 3.8) is 0 Å². The Labute approximate surface area is 129 Å². The van der Waals surface area contributed by atoms with Gasteiger partial charge in [-0.25, -0.2) is 9.97 Å². The zero-order chi connectivity index (χ0) is 15.4. The van der Waals surface area contributed by atoms with Gasteiger partial charge in [-0.15, -0.1) is 0 Å². The molecule has 1 heterocycles. The van der Waals surface area contributed by atoms with Crippen molar-refractivity contribution in [3.05, 3.63) is 53.5 Å². The highest BCUT2D eigenvalue weighted by Crippen LogP contribution is 2.29. The SMILES string of the molecule is CCOc1cc(C(=O)NC2CCCc3ccccc32)ncn1. The highest BCUT2D eigenvalue weighted by Gasteiger charge is 2.22. The summed E-state index contributed by atoms with van der Waals surface area (Å²) in [6, 6.07) is 9.90. The van der Waals surface area contributed by atoms with Crippen LogP contribution >= 0.6 is 0 Å². The Morgan fingerprint density at radius 2 is 2.23 bits per heavy atom. The average molecular weight is 297 g/mol. The Morgan fingerprint density at radius 1 is 1.36 bits per heavy atom. The number of fused-ring (bicyclic) bond motifs is 1. The number of rotatable bonds is 4. The number of ether oxygens (including phenoxy) is 1. The van der Waals surface area contributed by atoms with E-state index in [0.717, 1.165) is 19.3 Å². The third kappa shape index (κ3) is 3.08. The van der Waals surface area contributed by atoms with E-state index in [1.54, 1.807) is 6.07 Å². The topological polar surface area (TPSA) is 64.1 Å². The number of aromatic nitrogens is 2. The van der Waals surface area contributed by atoms with E-state index in [1.165, 1.54) is 17.5 Å². The van der Waals surface area contributed by atoms with E-state index in [9.17, 15) is 4.79 Å². The lowest BCUT2D eigenvalue weighted by Gasteiger charge is -2.26. The standard InChI is InChI=1S/C17H19N3O2/c1-2-22-16-10-15(18-11-19-16)17(21)20-14-9-5-7-12-6-3-4-8-13(12)14/h3-4,6,8,10-11,14H,2,5,7,9H2,1H3,(H,20,21). The lowest BCUT2D eigenvalue weighted by Crippen LogP contribution is -2.31. The van der Waals surface area contributed by atoms with E-state index in [-0.39, 0.29) is 11.9 Å². The first kappa shape index (κ1) is 14.5. The van der Waals surface area contributed by atoms with Gasteiger partial charge in [0.25, 0.3) is 5.91 Å². The quantitative estimate of drug-likeness (QED) is 0.942. The summed E-state index contributed by atoms with van der Waals surface area (Å²) in [7, 11) is 0. The molecule has 0 bridgehead atoms. The summed E-state index contributed by atoms with van der Waals surface area (Å²) >= 11 is 0. The summed E-state index contributed by atoms with van der Waals surface area (Å²) in [6.45, 7) is 2.38. The molecule has 0 radical (unpaired) electrons. The largest absolute Gasteiger partial charge is 0.478 e. The van der Waals surface area contributed by atoms with E-state index >= 15 is 0 Å². The van der Waals surface area contributed by atoms with E-state index in [4.69, 9.17) is 4.74 Å².